The van der Waals surface area contributed by atoms with E-state index in [0.717, 1.165) is 0 Å². The molecule has 0 aliphatic rings. The number of nitrogens with zero attached hydrogens (tertiary/aromatic N) is 1. The van der Waals surface area contributed by atoms with Crippen LogP contribution < -0.4 is 66.3 Å². The first-order chi connectivity index (χ1) is 28.9. The van der Waals surface area contributed by atoms with Crippen molar-refractivity contribution in [2.75, 3.05) is 13.1 Å². The molecule has 27 nitrogen and oxygen atoms in total. The summed E-state index contributed by atoms with van der Waals surface area (Å²) in [5.41, 5.74) is 32.4. The van der Waals surface area contributed by atoms with Crippen LogP contribution in [0.2, 0.25) is 0 Å². The summed E-state index contributed by atoms with van der Waals surface area (Å²) < 4.78 is 0. The van der Waals surface area contributed by atoms with Gasteiger partial charge in [-0.1, -0.05) is 13.8 Å². The minimum Gasteiger partial charge on any atom is -0.481 e. The van der Waals surface area contributed by atoms with Crippen molar-refractivity contribution in [1.82, 2.24) is 31.9 Å². The van der Waals surface area contributed by atoms with Gasteiger partial charge in [-0.05, 0) is 57.4 Å². The number of aliphatic carboxylic acids is 3. The molecule has 62 heavy (non-hydrogen) atoms. The Balaban J connectivity index is 6.61. The number of carboxylic acid groups (broad SMARTS) is 3. The molecule has 8 amide bonds. The Kier molecular flexibility index (Phi) is 25.7. The molecular formula is C35H61N13O14. The number of amides is 8. The molecule has 0 spiro atoms. The van der Waals surface area contributed by atoms with Crippen molar-refractivity contribution in [2.24, 2.45) is 45.3 Å². The number of hydrogen-bond donors (Lipinski definition) is 15. The maximum absolute atomic E-state index is 13.9. The normalized spacial score (nSPS) is 14.2. The third-order valence-electron chi connectivity index (χ3n) is 8.57. The van der Waals surface area contributed by atoms with Crippen molar-refractivity contribution in [3.63, 3.8) is 0 Å². The van der Waals surface area contributed by atoms with E-state index in [9.17, 15) is 63.0 Å². The SMILES string of the molecule is CC(C)C[C@H](NC(=O)[C@H](CCCN=C(N)N)NC(=O)[C@H](CCC(=O)O)NC(=O)[C@@H](N)CC(N)=O)C(=O)N[C@@H](CC(N)=O)C(=O)N[C@@H](CCCCN)C(=O)N[C@@H](CC(=O)O)C(=O)O. The van der Waals surface area contributed by atoms with Gasteiger partial charge in [0.2, 0.25) is 47.3 Å². The highest BCUT2D eigenvalue weighted by molar-refractivity contribution is 5.98. The minimum atomic E-state index is -1.88. The average molecular weight is 888 g/mol. The fourth-order valence-electron chi connectivity index (χ4n) is 5.51. The summed E-state index contributed by atoms with van der Waals surface area (Å²) in [6, 6.07) is -11.2. The van der Waals surface area contributed by atoms with Crippen molar-refractivity contribution in [1.29, 1.82) is 0 Å². The fraction of sp³-hybridized carbons (Fsp3) is 0.657. The first-order valence-electron chi connectivity index (χ1n) is 19.4. The second-order valence-electron chi connectivity index (χ2n) is 14.5. The van der Waals surface area contributed by atoms with Gasteiger partial charge in [-0.3, -0.25) is 52.9 Å². The first-order valence-corrected chi connectivity index (χ1v) is 19.4. The summed E-state index contributed by atoms with van der Waals surface area (Å²) in [7, 11) is 0. The van der Waals surface area contributed by atoms with Crippen LogP contribution in [-0.2, 0) is 52.7 Å². The predicted molar refractivity (Wildman–Crippen MR) is 216 cm³/mol. The van der Waals surface area contributed by atoms with E-state index in [-0.39, 0.29) is 57.1 Å². The molecule has 7 atom stereocenters. The Labute approximate surface area is 356 Å². The minimum absolute atomic E-state index is 0.0370. The number of nitrogens with one attached hydrogen (secondary N) is 6. The largest absolute Gasteiger partial charge is 0.481 e. The van der Waals surface area contributed by atoms with Crippen molar-refractivity contribution in [3.8, 4) is 0 Å². The third-order valence-corrected chi connectivity index (χ3v) is 8.57. The lowest BCUT2D eigenvalue weighted by atomic mass is 10.0. The number of unbranched alkanes of at least 4 members (excludes halogenated alkanes) is 1. The van der Waals surface area contributed by atoms with Crippen LogP contribution in [-0.4, -0.2) is 142 Å². The van der Waals surface area contributed by atoms with Gasteiger partial charge < -0.3 is 81.6 Å². The molecule has 0 saturated heterocycles. The lowest BCUT2D eigenvalue weighted by Crippen LogP contribution is -2.60. The zero-order valence-electron chi connectivity index (χ0n) is 34.6. The number of primary amides is 2. The van der Waals surface area contributed by atoms with E-state index in [1.807, 2.05) is 5.32 Å². The Hall–Kier alpha value is -6.64. The Bertz CT molecular complexity index is 1640. The average Bonchev–Trinajstić information content (AvgIpc) is 3.14. The fourth-order valence-corrected chi connectivity index (χ4v) is 5.51. The molecule has 0 aromatic rings. The van der Waals surface area contributed by atoms with Crippen molar-refractivity contribution in [3.05, 3.63) is 0 Å². The van der Waals surface area contributed by atoms with Crippen LogP contribution >= 0.6 is 0 Å². The molecule has 0 aliphatic carbocycles. The second-order valence-corrected chi connectivity index (χ2v) is 14.5. The maximum Gasteiger partial charge on any atom is 0.326 e. The molecule has 0 radical (unpaired) electrons. The van der Waals surface area contributed by atoms with Crippen LogP contribution in [0, 0.1) is 5.92 Å². The number of carbonyl (C=O) groups excluding carboxylic acids is 8. The first kappa shape index (κ1) is 55.4. The number of aliphatic imine (C=N–C) groups is 1. The molecule has 21 N–H and O–H groups in total. The Morgan fingerprint density at radius 3 is 1.40 bits per heavy atom. The molecule has 0 fully saturated rings. The molecule has 0 aliphatic heterocycles. The van der Waals surface area contributed by atoms with Crippen molar-refractivity contribution >= 4 is 71.1 Å². The number of rotatable bonds is 32. The molecule has 0 aromatic carbocycles. The highest BCUT2D eigenvalue weighted by atomic mass is 16.4. The topological polar surface area (TPSA) is 489 Å². The summed E-state index contributed by atoms with van der Waals surface area (Å²) in [5.74, 6) is -13.5. The molecule has 350 valence electrons. The smallest absolute Gasteiger partial charge is 0.326 e. The molecule has 0 saturated carbocycles. The summed E-state index contributed by atoms with van der Waals surface area (Å²) in [5, 5.41) is 41.5. The Morgan fingerprint density at radius 2 is 0.952 bits per heavy atom. The van der Waals surface area contributed by atoms with E-state index >= 15 is 0 Å². The van der Waals surface area contributed by atoms with Gasteiger partial charge >= 0.3 is 17.9 Å². The number of carbonyl (C=O) groups is 11. The summed E-state index contributed by atoms with van der Waals surface area (Å²) in [6.45, 7) is 3.49. The standard InChI is InChI=1S/C35H61N13O14/c1-16(2)12-21(32(59)47-22(14-25(39)50)33(60)45-18(6-3-4-10-36)30(57)48-23(34(61)62)15-27(53)54)46-29(56)19(7-5-11-42-35(40)41)44-31(58)20(8-9-26(51)52)43-28(55)17(37)13-24(38)49/h16-23H,3-15,36-37H2,1-2H3,(H2,38,49)(H2,39,50)(H,43,55)(H,44,58)(H,45,60)(H,46,56)(H,47,59)(H,48,57)(H,51,52)(H,53,54)(H,61,62)(H4,40,41,42)/t17-,18-,19-,20-,21-,22-,23-/m0/s1. The lowest BCUT2D eigenvalue weighted by Gasteiger charge is -2.28. The number of guanidine groups is 1. The van der Waals surface area contributed by atoms with E-state index in [1.165, 1.54) is 0 Å². The van der Waals surface area contributed by atoms with Crippen LogP contribution in [0.25, 0.3) is 0 Å². The predicted octanol–water partition coefficient (Wildman–Crippen LogP) is -6.37. The third kappa shape index (κ3) is 23.8. The van der Waals surface area contributed by atoms with E-state index in [0.29, 0.717) is 6.42 Å². The molecule has 0 unspecified atom stereocenters. The van der Waals surface area contributed by atoms with Gasteiger partial charge in [-0.15, -0.1) is 0 Å². The molecule has 0 bridgehead atoms. The van der Waals surface area contributed by atoms with Gasteiger partial charge in [0.05, 0.1) is 25.3 Å². The van der Waals surface area contributed by atoms with E-state index in [2.05, 4.69) is 31.6 Å². The van der Waals surface area contributed by atoms with Gasteiger partial charge in [-0.25, -0.2) is 4.79 Å². The monoisotopic (exact) mass is 887 g/mol. The summed E-state index contributed by atoms with van der Waals surface area (Å²) >= 11 is 0. The Morgan fingerprint density at radius 1 is 0.516 bits per heavy atom. The van der Waals surface area contributed by atoms with Gasteiger partial charge in [0, 0.05) is 13.0 Å². The van der Waals surface area contributed by atoms with Gasteiger partial charge in [0.1, 0.15) is 36.3 Å². The highest BCUT2D eigenvalue weighted by Gasteiger charge is 2.35. The highest BCUT2D eigenvalue weighted by Crippen LogP contribution is 2.10. The molecule has 27 heteroatoms. The number of hydrogen-bond acceptors (Lipinski definition) is 14. The zero-order valence-corrected chi connectivity index (χ0v) is 34.6. The summed E-state index contributed by atoms with van der Waals surface area (Å²) in [4.78, 5) is 142. The number of carboxylic acids is 3. The van der Waals surface area contributed by atoms with Crippen LogP contribution in [0.3, 0.4) is 0 Å². The van der Waals surface area contributed by atoms with Crippen LogP contribution in [0.5, 0.6) is 0 Å². The van der Waals surface area contributed by atoms with Crippen molar-refractivity contribution in [2.45, 2.75) is 127 Å². The molecule has 0 rings (SSSR count). The van der Waals surface area contributed by atoms with Crippen LogP contribution in [0.4, 0.5) is 0 Å². The van der Waals surface area contributed by atoms with Gasteiger partial charge in [0.15, 0.2) is 5.96 Å². The van der Waals surface area contributed by atoms with E-state index in [1.54, 1.807) is 13.8 Å². The number of nitrogens with two attached hydrogens (primary N) is 6. The maximum atomic E-state index is 13.9. The summed E-state index contributed by atoms with van der Waals surface area (Å²) in [6.07, 6.45) is -3.35. The quantitative estimate of drug-likeness (QED) is 0.0170. The van der Waals surface area contributed by atoms with Gasteiger partial charge in [0.25, 0.3) is 0 Å². The second kappa shape index (κ2) is 28.8. The molecule has 0 heterocycles. The van der Waals surface area contributed by atoms with Crippen LogP contribution in [0.15, 0.2) is 4.99 Å². The van der Waals surface area contributed by atoms with Crippen LogP contribution in [0.1, 0.15) is 84.5 Å². The van der Waals surface area contributed by atoms with E-state index < -0.39 is 140 Å². The molecular weight excluding hydrogens is 826 g/mol. The van der Waals surface area contributed by atoms with Crippen molar-refractivity contribution < 1.29 is 68.1 Å². The van der Waals surface area contributed by atoms with E-state index in [4.69, 9.17) is 39.5 Å². The van der Waals surface area contributed by atoms with Gasteiger partial charge in [-0.2, -0.15) is 0 Å². The zero-order chi connectivity index (χ0) is 47.7. The lowest BCUT2D eigenvalue weighted by molar-refractivity contribution is -0.147. The molecule has 0 aromatic heterocycles.